The molecule has 0 aliphatic carbocycles. The highest BCUT2D eigenvalue weighted by Crippen LogP contribution is 2.40. The summed E-state index contributed by atoms with van der Waals surface area (Å²) in [6.07, 6.45) is -11.4. The van der Waals surface area contributed by atoms with E-state index in [1.807, 2.05) is 0 Å². The van der Waals surface area contributed by atoms with Crippen LogP contribution in [0.1, 0.15) is 5.56 Å². The van der Waals surface area contributed by atoms with E-state index in [9.17, 15) is 31.1 Å². The second-order valence-electron chi connectivity index (χ2n) is 3.97. The van der Waals surface area contributed by atoms with Crippen LogP contribution in [-0.2, 0) is 4.79 Å². The fraction of sp³-hybridized carbons (Fsp3) is 0.364. The number of nitrogens with one attached hydrogen (secondary N) is 1. The van der Waals surface area contributed by atoms with Gasteiger partial charge in [0.1, 0.15) is 0 Å². The van der Waals surface area contributed by atoms with Gasteiger partial charge in [-0.05, 0) is 24.6 Å². The molecule has 0 heterocycles. The maximum absolute atomic E-state index is 12.3. The fourth-order valence-electron chi connectivity index (χ4n) is 1.37. The van der Waals surface area contributed by atoms with Gasteiger partial charge >= 0.3 is 12.4 Å². The molecule has 1 aromatic rings. The lowest BCUT2D eigenvalue weighted by Crippen LogP contribution is -2.45. The quantitative estimate of drug-likeness (QED) is 0.773. The Labute approximate surface area is 118 Å². The molecule has 0 aromatic heterocycles. The number of hydrogen-bond acceptors (Lipinski definition) is 1. The van der Waals surface area contributed by atoms with E-state index in [0.29, 0.717) is 10.0 Å². The maximum atomic E-state index is 12.3. The monoisotopic (exact) mass is 363 g/mol. The smallest absolute Gasteiger partial charge is 0.325 e. The first-order valence-electron chi connectivity index (χ1n) is 5.13. The predicted molar refractivity (Wildman–Crippen MR) is 63.1 cm³/mol. The Morgan fingerprint density at radius 2 is 1.65 bits per heavy atom. The van der Waals surface area contributed by atoms with Crippen molar-refractivity contribution in [1.82, 2.24) is 0 Å². The van der Waals surface area contributed by atoms with Crippen molar-refractivity contribution in [2.45, 2.75) is 19.3 Å². The lowest BCUT2D eigenvalue weighted by Gasteiger charge is -2.22. The molecule has 2 nitrogen and oxygen atoms in total. The summed E-state index contributed by atoms with van der Waals surface area (Å²) in [4.78, 5) is 11.2. The molecule has 0 atom stereocenters. The zero-order valence-corrected chi connectivity index (χ0v) is 11.4. The third-order valence-electron chi connectivity index (χ3n) is 2.36. The van der Waals surface area contributed by atoms with E-state index in [2.05, 4.69) is 15.9 Å². The van der Waals surface area contributed by atoms with Crippen LogP contribution in [-0.4, -0.2) is 18.3 Å². The lowest BCUT2D eigenvalue weighted by atomic mass is 10.1. The fourth-order valence-corrected chi connectivity index (χ4v) is 1.75. The Morgan fingerprint density at radius 1 is 1.15 bits per heavy atom. The molecular formula is C11H8BrF6NO. The molecule has 0 bridgehead atoms. The van der Waals surface area contributed by atoms with E-state index < -0.39 is 24.2 Å². The SMILES string of the molecule is Cc1ccc(NC(=O)C(C(F)(F)F)C(F)(F)F)cc1Br. The van der Waals surface area contributed by atoms with Crippen molar-refractivity contribution in [3.8, 4) is 0 Å². The molecule has 9 heteroatoms. The molecule has 0 unspecified atom stereocenters. The number of benzene rings is 1. The second-order valence-corrected chi connectivity index (χ2v) is 4.82. The first-order chi connectivity index (χ1) is 8.93. The highest BCUT2D eigenvalue weighted by Gasteiger charge is 2.61. The number of anilines is 1. The molecule has 0 spiro atoms. The van der Waals surface area contributed by atoms with Crippen molar-refractivity contribution in [3.05, 3.63) is 28.2 Å². The molecule has 0 saturated heterocycles. The van der Waals surface area contributed by atoms with Gasteiger partial charge in [0.2, 0.25) is 11.8 Å². The maximum Gasteiger partial charge on any atom is 0.409 e. The third kappa shape index (κ3) is 4.12. The van der Waals surface area contributed by atoms with Gasteiger partial charge in [-0.3, -0.25) is 4.79 Å². The van der Waals surface area contributed by atoms with Crippen molar-refractivity contribution in [2.75, 3.05) is 5.32 Å². The number of carbonyl (C=O) groups excluding carboxylic acids is 1. The minimum absolute atomic E-state index is 0.161. The van der Waals surface area contributed by atoms with Crippen molar-refractivity contribution in [1.29, 1.82) is 0 Å². The predicted octanol–water partition coefficient (Wildman–Crippen LogP) is 4.44. The second kappa shape index (κ2) is 5.63. The van der Waals surface area contributed by atoms with Crippen LogP contribution >= 0.6 is 15.9 Å². The average Bonchev–Trinajstić information content (AvgIpc) is 2.18. The Hall–Kier alpha value is -1.25. The molecule has 1 amide bonds. The number of halogens is 7. The number of amides is 1. The van der Waals surface area contributed by atoms with Gasteiger partial charge in [0.15, 0.2) is 0 Å². The number of alkyl halides is 6. The lowest BCUT2D eigenvalue weighted by molar-refractivity contribution is -0.272. The van der Waals surface area contributed by atoms with Gasteiger partial charge in [0.05, 0.1) is 0 Å². The van der Waals surface area contributed by atoms with Crippen molar-refractivity contribution >= 4 is 27.5 Å². The summed E-state index contributed by atoms with van der Waals surface area (Å²) in [7, 11) is 0. The standard InChI is InChI=1S/C11H8BrF6NO/c1-5-2-3-6(4-7(5)12)19-9(20)8(10(13,14)15)11(16,17)18/h2-4,8H,1H3,(H,19,20). The number of carbonyl (C=O) groups is 1. The summed E-state index contributed by atoms with van der Waals surface area (Å²) >= 11 is 3.06. The molecule has 20 heavy (non-hydrogen) atoms. The Morgan fingerprint density at radius 3 is 2.05 bits per heavy atom. The molecule has 0 radical (unpaired) electrons. The van der Waals surface area contributed by atoms with Crippen LogP contribution in [0.25, 0.3) is 0 Å². The summed E-state index contributed by atoms with van der Waals surface area (Å²) in [5, 5.41) is 1.61. The Kier molecular flexibility index (Phi) is 4.73. The minimum Gasteiger partial charge on any atom is -0.325 e. The van der Waals surface area contributed by atoms with Crippen LogP contribution in [0, 0.1) is 12.8 Å². The van der Waals surface area contributed by atoms with Gasteiger partial charge < -0.3 is 5.32 Å². The molecule has 1 aromatic carbocycles. The van der Waals surface area contributed by atoms with Gasteiger partial charge in [0.25, 0.3) is 0 Å². The third-order valence-corrected chi connectivity index (χ3v) is 3.21. The van der Waals surface area contributed by atoms with Crippen molar-refractivity contribution in [3.63, 3.8) is 0 Å². The average molecular weight is 364 g/mol. The summed E-state index contributed by atoms with van der Waals surface area (Å²) in [5.41, 5.74) is 0.553. The van der Waals surface area contributed by atoms with Crippen LogP contribution in [0.2, 0.25) is 0 Å². The van der Waals surface area contributed by atoms with Crippen molar-refractivity contribution in [2.24, 2.45) is 5.92 Å². The van der Waals surface area contributed by atoms with Crippen LogP contribution in [0.3, 0.4) is 0 Å². The van der Waals surface area contributed by atoms with E-state index >= 15 is 0 Å². The minimum atomic E-state index is -5.70. The summed E-state index contributed by atoms with van der Waals surface area (Å²) < 4.78 is 74.4. The number of aryl methyl sites for hydroxylation is 1. The Bertz CT molecular complexity index is 497. The van der Waals surface area contributed by atoms with Gasteiger partial charge in [-0.1, -0.05) is 22.0 Å². The molecule has 0 saturated carbocycles. The molecule has 0 aliphatic rings. The van der Waals surface area contributed by atoms with Crippen LogP contribution in [0.4, 0.5) is 32.0 Å². The van der Waals surface area contributed by atoms with E-state index in [-0.39, 0.29) is 5.69 Å². The van der Waals surface area contributed by atoms with Crippen LogP contribution < -0.4 is 5.32 Å². The van der Waals surface area contributed by atoms with E-state index in [1.165, 1.54) is 18.2 Å². The molecule has 1 rings (SSSR count). The highest BCUT2D eigenvalue weighted by molar-refractivity contribution is 9.10. The topological polar surface area (TPSA) is 29.1 Å². The van der Waals surface area contributed by atoms with Gasteiger partial charge in [-0.25, -0.2) is 0 Å². The summed E-state index contributed by atoms with van der Waals surface area (Å²) in [6.45, 7) is 1.67. The molecule has 112 valence electrons. The van der Waals surface area contributed by atoms with Crippen molar-refractivity contribution < 1.29 is 31.1 Å². The highest BCUT2D eigenvalue weighted by atomic mass is 79.9. The Balaban J connectivity index is 3.00. The number of rotatable bonds is 2. The van der Waals surface area contributed by atoms with E-state index in [4.69, 9.17) is 0 Å². The zero-order chi connectivity index (χ0) is 15.7. The van der Waals surface area contributed by atoms with Gasteiger partial charge in [-0.2, -0.15) is 26.3 Å². The normalized spacial score (nSPS) is 12.7. The summed E-state index contributed by atoms with van der Waals surface area (Å²) in [6, 6.07) is 3.87. The summed E-state index contributed by atoms with van der Waals surface area (Å²) in [5.74, 6) is -6.23. The molecular weight excluding hydrogens is 356 g/mol. The molecule has 0 fully saturated rings. The van der Waals surface area contributed by atoms with Crippen LogP contribution in [0.15, 0.2) is 22.7 Å². The van der Waals surface area contributed by atoms with Crippen LogP contribution in [0.5, 0.6) is 0 Å². The van der Waals surface area contributed by atoms with Gasteiger partial charge in [-0.15, -0.1) is 0 Å². The first kappa shape index (κ1) is 16.8. The zero-order valence-electron chi connectivity index (χ0n) is 9.86. The number of hydrogen-bond donors (Lipinski definition) is 1. The van der Waals surface area contributed by atoms with E-state index in [0.717, 1.165) is 0 Å². The first-order valence-corrected chi connectivity index (χ1v) is 5.92. The molecule has 1 N–H and O–H groups in total. The molecule has 0 aliphatic heterocycles. The largest absolute Gasteiger partial charge is 0.409 e. The van der Waals surface area contributed by atoms with E-state index in [1.54, 1.807) is 12.2 Å². The van der Waals surface area contributed by atoms with Gasteiger partial charge in [0, 0.05) is 10.2 Å².